The van der Waals surface area contributed by atoms with Gasteiger partial charge in [0, 0.05) is 11.1 Å². The van der Waals surface area contributed by atoms with Crippen molar-refractivity contribution in [1.29, 1.82) is 0 Å². The minimum atomic E-state index is -0.0130. The van der Waals surface area contributed by atoms with Crippen LogP contribution in [-0.4, -0.2) is 11.2 Å². The van der Waals surface area contributed by atoms with E-state index < -0.39 is 0 Å². The molecule has 1 atom stereocenters. The fraction of sp³-hybridized carbons (Fsp3) is 0.400. The summed E-state index contributed by atoms with van der Waals surface area (Å²) in [7, 11) is 0. The van der Waals surface area contributed by atoms with E-state index in [0.717, 1.165) is 22.6 Å². The Morgan fingerprint density at radius 1 is 1.33 bits per heavy atom. The molecule has 0 aliphatic rings. The molecule has 0 saturated heterocycles. The van der Waals surface area contributed by atoms with E-state index in [2.05, 4.69) is 5.16 Å². The molecule has 21 heavy (non-hydrogen) atoms. The summed E-state index contributed by atoms with van der Waals surface area (Å²) in [6.07, 6.45) is 0.636. The Balaban J connectivity index is 2.26. The Bertz CT molecular complexity index is 619. The number of aromatic nitrogens is 1. The maximum atomic E-state index is 6.25. The Kier molecular flexibility index (Phi) is 5.14. The van der Waals surface area contributed by atoms with Crippen LogP contribution in [0.25, 0.3) is 0 Å². The van der Waals surface area contributed by atoms with Crippen molar-refractivity contribution in [2.45, 2.75) is 39.8 Å². The summed E-state index contributed by atoms with van der Waals surface area (Å²) in [5.41, 5.74) is 8.50. The molecule has 0 radical (unpaired) electrons. The summed E-state index contributed by atoms with van der Waals surface area (Å²) in [5.74, 6) is 1.35. The number of benzene rings is 1. The van der Waals surface area contributed by atoms with E-state index >= 15 is 0 Å². The Hall–Kier alpha value is -1.23. The number of aryl methyl sites for hydroxylation is 2. The largest absolute Gasteiger partial charge is 0.487 e. The summed E-state index contributed by atoms with van der Waals surface area (Å²) in [6.45, 7) is 5.99. The lowest BCUT2D eigenvalue weighted by molar-refractivity contribution is 0.298. The van der Waals surface area contributed by atoms with Gasteiger partial charge in [0.25, 0.3) is 0 Å². The van der Waals surface area contributed by atoms with Crippen LogP contribution in [0, 0.1) is 13.8 Å². The number of halogens is 2. The summed E-state index contributed by atoms with van der Waals surface area (Å²) in [5, 5.41) is 4.95. The van der Waals surface area contributed by atoms with Crippen LogP contribution in [0.15, 0.2) is 16.7 Å². The van der Waals surface area contributed by atoms with Gasteiger partial charge in [0.1, 0.15) is 18.1 Å². The van der Waals surface area contributed by atoms with Crippen LogP contribution in [0.4, 0.5) is 0 Å². The van der Waals surface area contributed by atoms with E-state index in [1.165, 1.54) is 0 Å². The molecule has 0 bridgehead atoms. The van der Waals surface area contributed by atoms with Crippen LogP contribution < -0.4 is 10.5 Å². The Morgan fingerprint density at radius 2 is 2.05 bits per heavy atom. The van der Waals surface area contributed by atoms with Crippen LogP contribution in [0.5, 0.6) is 5.75 Å². The third-order valence-corrected chi connectivity index (χ3v) is 3.67. The summed E-state index contributed by atoms with van der Waals surface area (Å²) in [4.78, 5) is 0. The topological polar surface area (TPSA) is 61.3 Å². The van der Waals surface area contributed by atoms with Crippen molar-refractivity contribution in [3.05, 3.63) is 44.8 Å². The third-order valence-electron chi connectivity index (χ3n) is 3.17. The van der Waals surface area contributed by atoms with Gasteiger partial charge < -0.3 is 15.0 Å². The number of hydrogen-bond donors (Lipinski definition) is 1. The van der Waals surface area contributed by atoms with Gasteiger partial charge in [-0.1, -0.05) is 28.4 Å². The van der Waals surface area contributed by atoms with Crippen LogP contribution in [0.3, 0.4) is 0 Å². The van der Waals surface area contributed by atoms with E-state index in [4.69, 9.17) is 38.2 Å². The van der Waals surface area contributed by atoms with E-state index in [-0.39, 0.29) is 6.04 Å². The van der Waals surface area contributed by atoms with Crippen molar-refractivity contribution in [1.82, 2.24) is 5.16 Å². The molecule has 4 nitrogen and oxygen atoms in total. The number of nitrogens with zero attached hydrogens (tertiary/aromatic N) is 1. The van der Waals surface area contributed by atoms with E-state index in [9.17, 15) is 0 Å². The molecule has 2 aromatic rings. The molecule has 0 aliphatic carbocycles. The summed E-state index contributed by atoms with van der Waals surface area (Å²) in [6, 6.07) is 3.48. The quantitative estimate of drug-likeness (QED) is 0.898. The maximum absolute atomic E-state index is 6.25. The summed E-state index contributed by atoms with van der Waals surface area (Å²) >= 11 is 12.3. The predicted octanol–water partition coefficient (Wildman–Crippen LogP) is 4.07. The molecule has 114 valence electrons. The first-order valence-electron chi connectivity index (χ1n) is 6.66. The van der Waals surface area contributed by atoms with Gasteiger partial charge in [0.2, 0.25) is 0 Å². The molecule has 2 N–H and O–H groups in total. The zero-order valence-corrected chi connectivity index (χ0v) is 13.8. The monoisotopic (exact) mass is 328 g/mol. The highest BCUT2D eigenvalue weighted by molar-refractivity contribution is 6.35. The molecular formula is C15H18Cl2N2O2. The highest BCUT2D eigenvalue weighted by Crippen LogP contribution is 2.34. The van der Waals surface area contributed by atoms with Crippen molar-refractivity contribution in [2.24, 2.45) is 5.73 Å². The second-order valence-corrected chi connectivity index (χ2v) is 5.99. The first-order valence-corrected chi connectivity index (χ1v) is 7.42. The highest BCUT2D eigenvalue weighted by Gasteiger charge is 2.15. The lowest BCUT2D eigenvalue weighted by atomic mass is 10.1. The van der Waals surface area contributed by atoms with Crippen LogP contribution in [-0.2, 0) is 13.0 Å². The fourth-order valence-electron chi connectivity index (χ4n) is 2.13. The molecule has 6 heteroatoms. The van der Waals surface area contributed by atoms with Gasteiger partial charge in [-0.2, -0.15) is 0 Å². The smallest absolute Gasteiger partial charge is 0.141 e. The predicted molar refractivity (Wildman–Crippen MR) is 84.1 cm³/mol. The average Bonchev–Trinajstić information content (AvgIpc) is 2.68. The van der Waals surface area contributed by atoms with E-state index in [1.54, 1.807) is 6.07 Å². The van der Waals surface area contributed by atoms with Gasteiger partial charge >= 0.3 is 0 Å². The van der Waals surface area contributed by atoms with Crippen molar-refractivity contribution >= 4 is 23.2 Å². The van der Waals surface area contributed by atoms with Crippen molar-refractivity contribution < 1.29 is 9.26 Å². The second-order valence-electron chi connectivity index (χ2n) is 5.15. The van der Waals surface area contributed by atoms with Crippen LogP contribution in [0.2, 0.25) is 10.0 Å². The maximum Gasteiger partial charge on any atom is 0.141 e. The Morgan fingerprint density at radius 3 is 2.62 bits per heavy atom. The van der Waals surface area contributed by atoms with Gasteiger partial charge in [-0.05, 0) is 44.9 Å². The molecule has 1 heterocycles. The van der Waals surface area contributed by atoms with Gasteiger partial charge in [-0.3, -0.25) is 0 Å². The molecule has 1 unspecified atom stereocenters. The molecule has 1 aromatic heterocycles. The lowest BCUT2D eigenvalue weighted by Gasteiger charge is -2.15. The van der Waals surface area contributed by atoms with Crippen LogP contribution in [0.1, 0.15) is 29.5 Å². The minimum absolute atomic E-state index is 0.0130. The van der Waals surface area contributed by atoms with Crippen molar-refractivity contribution in [3.63, 3.8) is 0 Å². The number of ether oxygens (including phenoxy) is 1. The molecular weight excluding hydrogens is 311 g/mol. The first-order chi connectivity index (χ1) is 9.88. The number of hydrogen-bond acceptors (Lipinski definition) is 4. The van der Waals surface area contributed by atoms with Gasteiger partial charge in [0.15, 0.2) is 0 Å². The molecule has 0 amide bonds. The standard InChI is InChI=1S/C15H18Cl2N2O2/c1-8(18)4-11-5-12(16)6-14(17)15(11)20-7-13-9(2)19-21-10(13)3/h5-6,8H,4,7,18H2,1-3H3. The number of nitrogens with two attached hydrogens (primary N) is 1. The number of rotatable bonds is 5. The normalized spacial score (nSPS) is 12.5. The first kappa shape index (κ1) is 16.1. The highest BCUT2D eigenvalue weighted by atomic mass is 35.5. The second kappa shape index (κ2) is 6.69. The third kappa shape index (κ3) is 3.90. The lowest BCUT2D eigenvalue weighted by Crippen LogP contribution is -2.18. The van der Waals surface area contributed by atoms with Crippen molar-refractivity contribution in [3.8, 4) is 5.75 Å². The van der Waals surface area contributed by atoms with E-state index in [1.807, 2.05) is 26.8 Å². The molecule has 0 spiro atoms. The molecule has 0 fully saturated rings. The van der Waals surface area contributed by atoms with Crippen LogP contribution >= 0.6 is 23.2 Å². The molecule has 0 aliphatic heterocycles. The van der Waals surface area contributed by atoms with Gasteiger partial charge in [-0.25, -0.2) is 0 Å². The Labute approximate surface area is 134 Å². The van der Waals surface area contributed by atoms with Crippen molar-refractivity contribution in [2.75, 3.05) is 0 Å². The molecule has 0 saturated carbocycles. The summed E-state index contributed by atoms with van der Waals surface area (Å²) < 4.78 is 11.0. The zero-order valence-electron chi connectivity index (χ0n) is 12.2. The molecule has 1 aromatic carbocycles. The minimum Gasteiger partial charge on any atom is -0.487 e. The average molecular weight is 329 g/mol. The van der Waals surface area contributed by atoms with Gasteiger partial charge in [0.05, 0.1) is 16.3 Å². The SMILES string of the molecule is Cc1noc(C)c1COc1c(Cl)cc(Cl)cc1CC(C)N. The fourth-order valence-corrected chi connectivity index (χ4v) is 2.72. The zero-order chi connectivity index (χ0) is 15.6. The van der Waals surface area contributed by atoms with E-state index in [0.29, 0.717) is 28.8 Å². The van der Waals surface area contributed by atoms with Gasteiger partial charge in [-0.15, -0.1) is 0 Å². The molecule has 2 rings (SSSR count).